The molecule has 2 N–H and O–H groups in total. The van der Waals surface area contributed by atoms with Gasteiger partial charge in [0.25, 0.3) is 0 Å². The van der Waals surface area contributed by atoms with Crippen LogP contribution in [0.4, 0.5) is 0 Å². The maximum atomic E-state index is 12.3. The van der Waals surface area contributed by atoms with Gasteiger partial charge in [-0.25, -0.2) is 0 Å². The van der Waals surface area contributed by atoms with E-state index in [1.54, 1.807) is 7.11 Å². The summed E-state index contributed by atoms with van der Waals surface area (Å²) in [4.78, 5) is 14.6. The van der Waals surface area contributed by atoms with Gasteiger partial charge in [0.2, 0.25) is 5.91 Å². The average Bonchev–Trinajstić information content (AvgIpc) is 2.65. The highest BCUT2D eigenvalue weighted by Crippen LogP contribution is 2.22. The number of nitrogens with one attached hydrogen (secondary N) is 2. The number of rotatable bonds is 10. The lowest BCUT2D eigenvalue weighted by Crippen LogP contribution is -2.49. The van der Waals surface area contributed by atoms with Crippen LogP contribution in [-0.4, -0.2) is 63.3 Å². The molecule has 1 aromatic carbocycles. The summed E-state index contributed by atoms with van der Waals surface area (Å²) in [6, 6.07) is 10.7. The van der Waals surface area contributed by atoms with Gasteiger partial charge in [-0.05, 0) is 50.8 Å². The average molecular weight is 348 g/mol. The van der Waals surface area contributed by atoms with Gasteiger partial charge in [-0.1, -0.05) is 30.3 Å². The van der Waals surface area contributed by atoms with Crippen molar-refractivity contribution < 1.29 is 9.53 Å². The van der Waals surface area contributed by atoms with E-state index >= 15 is 0 Å². The zero-order chi connectivity index (χ0) is 17.9. The Morgan fingerprint density at radius 1 is 1.20 bits per heavy atom. The number of hydrogen-bond donors (Lipinski definition) is 2. The van der Waals surface area contributed by atoms with Gasteiger partial charge in [-0.3, -0.25) is 9.69 Å². The molecule has 1 unspecified atom stereocenters. The molecule has 1 amide bonds. The van der Waals surface area contributed by atoms with Gasteiger partial charge in [-0.2, -0.15) is 0 Å². The minimum Gasteiger partial charge on any atom is -0.383 e. The number of hydrogen-bond acceptors (Lipinski definition) is 4. The molecular weight excluding hydrogens is 314 g/mol. The third-order valence-electron chi connectivity index (χ3n) is 5.03. The van der Waals surface area contributed by atoms with Gasteiger partial charge in [0.1, 0.15) is 0 Å². The fourth-order valence-corrected chi connectivity index (χ4v) is 3.38. The molecule has 5 nitrogen and oxygen atoms in total. The summed E-state index contributed by atoms with van der Waals surface area (Å²) >= 11 is 0. The summed E-state index contributed by atoms with van der Waals surface area (Å²) in [6.07, 6.45) is 3.50. The summed E-state index contributed by atoms with van der Waals surface area (Å²) in [5.74, 6) is 0.869. The van der Waals surface area contributed by atoms with Crippen molar-refractivity contribution >= 4 is 5.91 Å². The van der Waals surface area contributed by atoms with E-state index in [1.807, 2.05) is 6.92 Å². The number of benzene rings is 1. The van der Waals surface area contributed by atoms with E-state index in [0.29, 0.717) is 13.2 Å². The summed E-state index contributed by atoms with van der Waals surface area (Å²) in [6.45, 7) is 7.00. The SMILES string of the molecule is COCCNCCNC(=O)C(C)N1CCC(Cc2ccccc2)CC1. The molecule has 1 aromatic rings. The molecule has 0 saturated carbocycles. The smallest absolute Gasteiger partial charge is 0.237 e. The third kappa shape index (κ3) is 7.14. The Kier molecular flexibility index (Phi) is 8.94. The molecule has 0 aliphatic carbocycles. The van der Waals surface area contributed by atoms with E-state index in [4.69, 9.17) is 4.74 Å². The van der Waals surface area contributed by atoms with Gasteiger partial charge in [0.05, 0.1) is 12.6 Å². The van der Waals surface area contributed by atoms with Crippen molar-refractivity contribution in [1.82, 2.24) is 15.5 Å². The topological polar surface area (TPSA) is 53.6 Å². The van der Waals surface area contributed by atoms with Crippen LogP contribution in [0.3, 0.4) is 0 Å². The van der Waals surface area contributed by atoms with Crippen molar-refractivity contribution in [1.29, 1.82) is 0 Å². The summed E-state index contributed by atoms with van der Waals surface area (Å²) in [7, 11) is 1.69. The molecule has 25 heavy (non-hydrogen) atoms. The molecule has 1 fully saturated rings. The predicted molar refractivity (Wildman–Crippen MR) is 102 cm³/mol. The highest BCUT2D eigenvalue weighted by Gasteiger charge is 2.26. The van der Waals surface area contributed by atoms with Crippen LogP contribution in [0.5, 0.6) is 0 Å². The number of piperidine rings is 1. The molecule has 0 radical (unpaired) electrons. The minimum absolute atomic E-state index is 0.0448. The van der Waals surface area contributed by atoms with E-state index in [9.17, 15) is 4.79 Å². The molecule has 1 atom stereocenters. The summed E-state index contributed by atoms with van der Waals surface area (Å²) < 4.78 is 4.98. The first kappa shape index (κ1) is 19.9. The standard InChI is InChI=1S/C20H33N3O2/c1-17(20(24)22-11-10-21-12-15-25-2)23-13-8-19(9-14-23)16-18-6-4-3-5-7-18/h3-7,17,19,21H,8-16H2,1-2H3,(H,22,24). The van der Waals surface area contributed by atoms with Gasteiger partial charge >= 0.3 is 0 Å². The predicted octanol–water partition coefficient (Wildman–Crippen LogP) is 1.68. The Morgan fingerprint density at radius 3 is 2.60 bits per heavy atom. The molecule has 140 valence electrons. The van der Waals surface area contributed by atoms with Crippen molar-refractivity contribution in [3.63, 3.8) is 0 Å². The van der Waals surface area contributed by atoms with Crippen molar-refractivity contribution in [3.8, 4) is 0 Å². The Bertz CT molecular complexity index is 487. The monoisotopic (exact) mass is 347 g/mol. The van der Waals surface area contributed by atoms with Crippen LogP contribution >= 0.6 is 0 Å². The van der Waals surface area contributed by atoms with Crippen molar-refractivity contribution in [2.24, 2.45) is 5.92 Å². The largest absolute Gasteiger partial charge is 0.383 e. The van der Waals surface area contributed by atoms with Gasteiger partial charge in [0.15, 0.2) is 0 Å². The Balaban J connectivity index is 1.63. The molecule has 0 aromatic heterocycles. The van der Waals surface area contributed by atoms with Crippen LogP contribution < -0.4 is 10.6 Å². The molecule has 0 spiro atoms. The van der Waals surface area contributed by atoms with E-state index in [-0.39, 0.29) is 11.9 Å². The summed E-state index contributed by atoms with van der Waals surface area (Å²) in [5, 5.41) is 6.26. The van der Waals surface area contributed by atoms with Crippen LogP contribution in [0.2, 0.25) is 0 Å². The fourth-order valence-electron chi connectivity index (χ4n) is 3.38. The first-order valence-corrected chi connectivity index (χ1v) is 9.46. The van der Waals surface area contributed by atoms with Gasteiger partial charge < -0.3 is 15.4 Å². The summed E-state index contributed by atoms with van der Waals surface area (Å²) in [5.41, 5.74) is 1.42. The molecule has 5 heteroatoms. The van der Waals surface area contributed by atoms with E-state index in [0.717, 1.165) is 38.5 Å². The van der Waals surface area contributed by atoms with Gasteiger partial charge in [0, 0.05) is 26.7 Å². The Morgan fingerprint density at radius 2 is 1.92 bits per heavy atom. The Hall–Kier alpha value is -1.43. The van der Waals surface area contributed by atoms with Crippen molar-refractivity contribution in [2.45, 2.75) is 32.2 Å². The first-order chi connectivity index (χ1) is 12.2. The minimum atomic E-state index is -0.0448. The number of methoxy groups -OCH3 is 1. The van der Waals surface area contributed by atoms with Crippen LogP contribution in [0.1, 0.15) is 25.3 Å². The lowest BCUT2D eigenvalue weighted by atomic mass is 9.89. The number of amides is 1. The van der Waals surface area contributed by atoms with Crippen molar-refractivity contribution in [2.75, 3.05) is 46.4 Å². The van der Waals surface area contributed by atoms with E-state index < -0.39 is 0 Å². The molecule has 2 rings (SSSR count). The normalized spacial score (nSPS) is 17.4. The van der Waals surface area contributed by atoms with Crippen LogP contribution in [0, 0.1) is 5.92 Å². The third-order valence-corrected chi connectivity index (χ3v) is 5.03. The van der Waals surface area contributed by atoms with E-state index in [2.05, 4.69) is 45.9 Å². The number of carbonyl (C=O) groups excluding carboxylic acids is 1. The number of likely N-dealkylation sites (tertiary alicyclic amines) is 1. The maximum absolute atomic E-state index is 12.3. The molecule has 1 heterocycles. The highest BCUT2D eigenvalue weighted by molar-refractivity contribution is 5.81. The van der Waals surface area contributed by atoms with Crippen LogP contribution in [0.15, 0.2) is 30.3 Å². The molecule has 1 saturated heterocycles. The number of nitrogens with zero attached hydrogens (tertiary/aromatic N) is 1. The van der Waals surface area contributed by atoms with Gasteiger partial charge in [-0.15, -0.1) is 0 Å². The lowest BCUT2D eigenvalue weighted by molar-refractivity contribution is -0.126. The molecule has 0 bridgehead atoms. The number of carbonyl (C=O) groups is 1. The highest BCUT2D eigenvalue weighted by atomic mass is 16.5. The molecule has 1 aliphatic heterocycles. The fraction of sp³-hybridized carbons (Fsp3) is 0.650. The van der Waals surface area contributed by atoms with E-state index in [1.165, 1.54) is 18.4 Å². The second-order valence-electron chi connectivity index (χ2n) is 6.88. The first-order valence-electron chi connectivity index (χ1n) is 9.46. The Labute approximate surface area is 152 Å². The lowest BCUT2D eigenvalue weighted by Gasteiger charge is -2.35. The molecule has 1 aliphatic rings. The van der Waals surface area contributed by atoms with Crippen LogP contribution in [-0.2, 0) is 16.0 Å². The maximum Gasteiger partial charge on any atom is 0.237 e. The second kappa shape index (κ2) is 11.2. The second-order valence-corrected chi connectivity index (χ2v) is 6.88. The zero-order valence-electron chi connectivity index (χ0n) is 15.7. The number of ether oxygens (including phenoxy) is 1. The zero-order valence-corrected chi connectivity index (χ0v) is 15.7. The van der Waals surface area contributed by atoms with Crippen LogP contribution in [0.25, 0.3) is 0 Å². The van der Waals surface area contributed by atoms with Crippen molar-refractivity contribution in [3.05, 3.63) is 35.9 Å². The molecular formula is C20H33N3O2. The quantitative estimate of drug-likeness (QED) is 0.633.